The predicted molar refractivity (Wildman–Crippen MR) is 104 cm³/mol. The van der Waals surface area contributed by atoms with Gasteiger partial charge in [0, 0.05) is 38.9 Å². The van der Waals surface area contributed by atoms with Crippen molar-refractivity contribution in [2.24, 2.45) is 0 Å². The number of carbonyl (C=O) groups excluding carboxylic acids is 2. The second-order valence-electron chi connectivity index (χ2n) is 7.59. The lowest BCUT2D eigenvalue weighted by molar-refractivity contribution is -0.142. The van der Waals surface area contributed by atoms with Crippen LogP contribution in [0.2, 0.25) is 0 Å². The highest BCUT2D eigenvalue weighted by Crippen LogP contribution is 2.35. The average molecular weight is 423 g/mol. The maximum Gasteiger partial charge on any atom is 0.265 e. The van der Waals surface area contributed by atoms with Crippen LogP contribution in [0, 0.1) is 6.92 Å². The Hall–Kier alpha value is -2.17. The first-order valence-electron chi connectivity index (χ1n) is 9.80. The molecule has 1 aromatic carbocycles. The van der Waals surface area contributed by atoms with Gasteiger partial charge < -0.3 is 19.7 Å². The van der Waals surface area contributed by atoms with E-state index in [1.807, 2.05) is 0 Å². The smallest absolute Gasteiger partial charge is 0.265 e. The van der Waals surface area contributed by atoms with Crippen LogP contribution in [0.5, 0.6) is 5.75 Å². The van der Waals surface area contributed by atoms with Crippen molar-refractivity contribution in [2.75, 3.05) is 38.1 Å². The lowest BCUT2D eigenvalue weighted by atomic mass is 10.1. The van der Waals surface area contributed by atoms with Crippen LogP contribution in [0.3, 0.4) is 0 Å². The minimum Gasteiger partial charge on any atom is -0.479 e. The van der Waals surface area contributed by atoms with Crippen LogP contribution in [-0.4, -0.2) is 74.4 Å². The fraction of sp³-hybridized carbons (Fsp3) is 0.579. The number of rotatable bonds is 3. The number of aryl methyl sites for hydroxylation is 1. The van der Waals surface area contributed by atoms with Crippen LogP contribution in [0.4, 0.5) is 5.69 Å². The van der Waals surface area contributed by atoms with Gasteiger partial charge in [0.25, 0.3) is 11.8 Å². The van der Waals surface area contributed by atoms with E-state index in [-0.39, 0.29) is 29.8 Å². The van der Waals surface area contributed by atoms with Crippen molar-refractivity contribution in [1.29, 1.82) is 0 Å². The highest BCUT2D eigenvalue weighted by molar-refractivity contribution is 7.89. The molecule has 3 heterocycles. The van der Waals surface area contributed by atoms with Gasteiger partial charge in [0.05, 0.1) is 10.6 Å². The number of nitrogens with zero attached hydrogens (tertiary/aromatic N) is 2. The van der Waals surface area contributed by atoms with Gasteiger partial charge in [-0.3, -0.25) is 9.59 Å². The molecule has 0 radical (unpaired) electrons. The number of nitrogens with one attached hydrogen (secondary N) is 1. The molecule has 2 saturated heterocycles. The summed E-state index contributed by atoms with van der Waals surface area (Å²) in [6.07, 6.45) is 0.521. The van der Waals surface area contributed by atoms with Gasteiger partial charge >= 0.3 is 0 Å². The standard InChI is InChI=1S/C19H25N3O6S/c1-12-10-14-16(28-13(2)18(23)20-14)11-17(12)29(25,26)22-7-5-21(6-8-22)19(24)15-4-3-9-27-15/h10-11,13,15H,3-9H2,1-2H3,(H,20,23). The molecule has 3 aliphatic heterocycles. The van der Waals surface area contributed by atoms with Gasteiger partial charge in [0.1, 0.15) is 11.9 Å². The third-order valence-corrected chi connectivity index (χ3v) is 7.62. The molecule has 2 amide bonds. The quantitative estimate of drug-likeness (QED) is 0.768. The lowest BCUT2D eigenvalue weighted by Gasteiger charge is -2.35. The van der Waals surface area contributed by atoms with Crippen molar-refractivity contribution in [3.8, 4) is 5.75 Å². The Kier molecular flexibility index (Phi) is 5.26. The first-order chi connectivity index (χ1) is 13.8. The number of piperazine rings is 1. The highest BCUT2D eigenvalue weighted by atomic mass is 32.2. The van der Waals surface area contributed by atoms with Gasteiger partial charge in [-0.1, -0.05) is 0 Å². The monoisotopic (exact) mass is 423 g/mol. The third-order valence-electron chi connectivity index (χ3n) is 5.58. The molecule has 2 atom stereocenters. The Bertz CT molecular complexity index is 934. The molecule has 9 nitrogen and oxygen atoms in total. The fourth-order valence-corrected chi connectivity index (χ4v) is 5.53. The molecular weight excluding hydrogens is 398 g/mol. The fourth-order valence-electron chi connectivity index (χ4n) is 3.88. The zero-order valence-electron chi connectivity index (χ0n) is 16.5. The van der Waals surface area contributed by atoms with Crippen LogP contribution in [0.25, 0.3) is 0 Å². The highest BCUT2D eigenvalue weighted by Gasteiger charge is 2.35. The summed E-state index contributed by atoms with van der Waals surface area (Å²) >= 11 is 0. The maximum absolute atomic E-state index is 13.2. The summed E-state index contributed by atoms with van der Waals surface area (Å²) in [5.41, 5.74) is 0.997. The first-order valence-corrected chi connectivity index (χ1v) is 11.2. The molecule has 1 N–H and O–H groups in total. The lowest BCUT2D eigenvalue weighted by Crippen LogP contribution is -2.52. The summed E-state index contributed by atoms with van der Waals surface area (Å²) < 4.78 is 38.9. The summed E-state index contributed by atoms with van der Waals surface area (Å²) in [5, 5.41) is 2.73. The molecule has 2 unspecified atom stereocenters. The average Bonchev–Trinajstić information content (AvgIpc) is 3.23. The van der Waals surface area contributed by atoms with Gasteiger partial charge in [-0.25, -0.2) is 8.42 Å². The summed E-state index contributed by atoms with van der Waals surface area (Å²) in [7, 11) is -3.75. The van der Waals surface area contributed by atoms with Crippen LogP contribution in [0.15, 0.2) is 17.0 Å². The summed E-state index contributed by atoms with van der Waals surface area (Å²) in [6.45, 7) is 5.03. The number of benzene rings is 1. The zero-order chi connectivity index (χ0) is 20.8. The van der Waals surface area contributed by atoms with Crippen LogP contribution in [-0.2, 0) is 24.3 Å². The Morgan fingerprint density at radius 3 is 2.59 bits per heavy atom. The largest absolute Gasteiger partial charge is 0.479 e. The molecule has 0 saturated carbocycles. The molecule has 158 valence electrons. The molecule has 0 aromatic heterocycles. The van der Waals surface area contributed by atoms with Crippen molar-refractivity contribution in [2.45, 2.75) is 43.8 Å². The molecule has 4 rings (SSSR count). The number of hydrogen-bond acceptors (Lipinski definition) is 6. The number of carbonyl (C=O) groups is 2. The molecule has 0 bridgehead atoms. The normalized spacial score (nSPS) is 25.3. The van der Waals surface area contributed by atoms with E-state index < -0.39 is 22.2 Å². The van der Waals surface area contributed by atoms with Crippen molar-refractivity contribution >= 4 is 27.5 Å². The predicted octanol–water partition coefficient (Wildman–Crippen LogP) is 0.726. The van der Waals surface area contributed by atoms with E-state index in [1.54, 1.807) is 24.8 Å². The van der Waals surface area contributed by atoms with E-state index in [2.05, 4.69) is 5.32 Å². The van der Waals surface area contributed by atoms with E-state index in [1.165, 1.54) is 10.4 Å². The van der Waals surface area contributed by atoms with Crippen molar-refractivity contribution < 1.29 is 27.5 Å². The molecule has 0 spiro atoms. The Morgan fingerprint density at radius 1 is 1.21 bits per heavy atom. The molecule has 29 heavy (non-hydrogen) atoms. The van der Waals surface area contributed by atoms with E-state index in [9.17, 15) is 18.0 Å². The van der Waals surface area contributed by atoms with Gasteiger partial charge in [0.2, 0.25) is 10.0 Å². The van der Waals surface area contributed by atoms with Crippen LogP contribution in [0.1, 0.15) is 25.3 Å². The summed E-state index contributed by atoms with van der Waals surface area (Å²) in [6, 6.07) is 3.09. The number of amides is 2. The van der Waals surface area contributed by atoms with E-state index in [0.717, 1.165) is 12.8 Å². The molecule has 1 aromatic rings. The van der Waals surface area contributed by atoms with Gasteiger partial charge in [0.15, 0.2) is 6.10 Å². The second-order valence-corrected chi connectivity index (χ2v) is 9.50. The maximum atomic E-state index is 13.2. The van der Waals surface area contributed by atoms with Crippen molar-refractivity contribution in [3.05, 3.63) is 17.7 Å². The number of hydrogen-bond donors (Lipinski definition) is 1. The van der Waals surface area contributed by atoms with Crippen LogP contribution >= 0.6 is 0 Å². The molecule has 10 heteroatoms. The van der Waals surface area contributed by atoms with Gasteiger partial charge in [-0.15, -0.1) is 0 Å². The van der Waals surface area contributed by atoms with Crippen LogP contribution < -0.4 is 10.1 Å². The summed E-state index contributed by atoms with van der Waals surface area (Å²) in [5.74, 6) is 0.0237. The molecule has 2 fully saturated rings. The van der Waals surface area contributed by atoms with E-state index >= 15 is 0 Å². The zero-order valence-corrected chi connectivity index (χ0v) is 17.3. The van der Waals surface area contributed by atoms with E-state index in [0.29, 0.717) is 36.7 Å². The second kappa shape index (κ2) is 7.58. The van der Waals surface area contributed by atoms with Crippen molar-refractivity contribution in [1.82, 2.24) is 9.21 Å². The number of fused-ring (bicyclic) bond motifs is 1. The van der Waals surface area contributed by atoms with Gasteiger partial charge in [-0.2, -0.15) is 4.31 Å². The number of sulfonamides is 1. The topological polar surface area (TPSA) is 105 Å². The van der Waals surface area contributed by atoms with Crippen molar-refractivity contribution in [3.63, 3.8) is 0 Å². The molecule has 0 aliphatic carbocycles. The third kappa shape index (κ3) is 3.72. The Balaban J connectivity index is 1.50. The summed E-state index contributed by atoms with van der Waals surface area (Å²) in [4.78, 5) is 26.1. The first kappa shape index (κ1) is 20.1. The van der Waals surface area contributed by atoms with Gasteiger partial charge in [-0.05, 0) is 38.3 Å². The van der Waals surface area contributed by atoms with E-state index in [4.69, 9.17) is 9.47 Å². The minimum atomic E-state index is -3.75. The molecular formula is C19H25N3O6S. The molecule has 3 aliphatic rings. The Labute approximate surface area is 170 Å². The SMILES string of the molecule is Cc1cc2c(cc1S(=O)(=O)N1CCN(C(=O)C3CCCO3)CC1)OC(C)C(=O)N2. The number of anilines is 1. The minimum absolute atomic E-state index is 0.0531. The Morgan fingerprint density at radius 2 is 1.93 bits per heavy atom. The number of ether oxygens (including phenoxy) is 2.